The summed E-state index contributed by atoms with van der Waals surface area (Å²) in [6, 6.07) is 13.6. The maximum atomic E-state index is 14.4. The molecule has 1 N–H and O–H groups in total. The first kappa shape index (κ1) is 25.4. The Morgan fingerprint density at radius 1 is 1.14 bits per heavy atom. The number of aliphatic carboxylic acids is 1. The van der Waals surface area contributed by atoms with Gasteiger partial charge in [0.25, 0.3) is 5.91 Å². The van der Waals surface area contributed by atoms with Crippen molar-refractivity contribution in [3.8, 4) is 11.5 Å². The van der Waals surface area contributed by atoms with E-state index < -0.39 is 29.8 Å². The van der Waals surface area contributed by atoms with Crippen molar-refractivity contribution in [1.82, 2.24) is 4.90 Å². The van der Waals surface area contributed by atoms with Crippen molar-refractivity contribution in [2.45, 2.75) is 31.9 Å². The fourth-order valence-electron chi connectivity index (χ4n) is 4.43. The molecule has 4 rings (SSSR count). The van der Waals surface area contributed by atoms with E-state index in [4.69, 9.17) is 21.1 Å². The third kappa shape index (κ3) is 5.28. The largest absolute Gasteiger partial charge is 0.493 e. The zero-order valence-corrected chi connectivity index (χ0v) is 20.4. The second kappa shape index (κ2) is 10.1. The van der Waals surface area contributed by atoms with Crippen LogP contribution in [0, 0.1) is 11.6 Å². The first-order valence-electron chi connectivity index (χ1n) is 11.2. The van der Waals surface area contributed by atoms with Crippen molar-refractivity contribution in [2.75, 3.05) is 13.7 Å². The Balaban J connectivity index is 1.65. The topological polar surface area (TPSA) is 76.1 Å². The van der Waals surface area contributed by atoms with Crippen LogP contribution in [0.25, 0.3) is 0 Å². The average molecular weight is 516 g/mol. The van der Waals surface area contributed by atoms with Crippen molar-refractivity contribution in [2.24, 2.45) is 0 Å². The van der Waals surface area contributed by atoms with Gasteiger partial charge in [0.05, 0.1) is 13.7 Å². The van der Waals surface area contributed by atoms with Crippen LogP contribution in [0.15, 0.2) is 54.6 Å². The van der Waals surface area contributed by atoms with Crippen molar-refractivity contribution in [1.29, 1.82) is 0 Å². The average Bonchev–Trinajstić information content (AvgIpc) is 3.16. The highest BCUT2D eigenvalue weighted by Gasteiger charge is 2.38. The number of benzene rings is 3. The zero-order valence-electron chi connectivity index (χ0n) is 19.7. The second-order valence-corrected chi connectivity index (χ2v) is 9.33. The van der Waals surface area contributed by atoms with Crippen LogP contribution in [0.5, 0.6) is 11.5 Å². The lowest BCUT2D eigenvalue weighted by atomic mass is 9.91. The summed E-state index contributed by atoms with van der Waals surface area (Å²) in [5.41, 5.74) is 0.537. The molecular weight excluding hydrogens is 492 g/mol. The van der Waals surface area contributed by atoms with E-state index in [0.29, 0.717) is 23.3 Å². The van der Waals surface area contributed by atoms with E-state index in [1.165, 1.54) is 37.4 Å². The minimum absolute atomic E-state index is 0.0164. The van der Waals surface area contributed by atoms with Crippen LogP contribution in [0.3, 0.4) is 0 Å². The van der Waals surface area contributed by atoms with Crippen LogP contribution in [0.2, 0.25) is 5.02 Å². The van der Waals surface area contributed by atoms with Gasteiger partial charge in [-0.15, -0.1) is 0 Å². The Kier molecular flexibility index (Phi) is 7.17. The standard InChI is InChI=1S/C27H24ClF2NO5/c1-27(12-16-6-3-4-8-21(16)29)13-18-10-17(11-23(35-2)25(18)36-27)26(34)31(15-24(32)33)14-19-20(28)7-5-9-22(19)30/h3-11H,12-15H2,1-2H3,(H,32,33). The summed E-state index contributed by atoms with van der Waals surface area (Å²) in [6.45, 7) is 0.846. The maximum absolute atomic E-state index is 14.4. The highest BCUT2D eigenvalue weighted by atomic mass is 35.5. The Labute approximate surface area is 212 Å². The normalized spacial score (nSPS) is 16.2. The van der Waals surface area contributed by atoms with Crippen LogP contribution in [0.1, 0.15) is 34.0 Å². The van der Waals surface area contributed by atoms with E-state index in [1.807, 2.05) is 6.92 Å². The van der Waals surface area contributed by atoms with Gasteiger partial charge in [-0.25, -0.2) is 8.78 Å². The van der Waals surface area contributed by atoms with E-state index in [9.17, 15) is 23.5 Å². The first-order valence-corrected chi connectivity index (χ1v) is 11.6. The summed E-state index contributed by atoms with van der Waals surface area (Å²) in [6.07, 6.45) is 0.657. The molecular formula is C27H24ClF2NO5. The Morgan fingerprint density at radius 3 is 2.53 bits per heavy atom. The number of carbonyl (C=O) groups is 2. The maximum Gasteiger partial charge on any atom is 0.323 e. The zero-order chi connectivity index (χ0) is 26.0. The number of hydrogen-bond acceptors (Lipinski definition) is 4. The second-order valence-electron chi connectivity index (χ2n) is 8.92. The van der Waals surface area contributed by atoms with Gasteiger partial charge in [-0.1, -0.05) is 35.9 Å². The minimum Gasteiger partial charge on any atom is -0.493 e. The van der Waals surface area contributed by atoms with Crippen molar-refractivity contribution in [3.05, 3.63) is 93.5 Å². The smallest absolute Gasteiger partial charge is 0.323 e. The van der Waals surface area contributed by atoms with Gasteiger partial charge >= 0.3 is 5.97 Å². The van der Waals surface area contributed by atoms with Crippen molar-refractivity contribution in [3.63, 3.8) is 0 Å². The fraction of sp³-hybridized carbons (Fsp3) is 0.259. The van der Waals surface area contributed by atoms with E-state index in [1.54, 1.807) is 24.3 Å². The highest BCUT2D eigenvalue weighted by molar-refractivity contribution is 6.31. The number of nitrogens with zero attached hydrogens (tertiary/aromatic N) is 1. The molecule has 0 aliphatic carbocycles. The molecule has 1 atom stereocenters. The molecule has 0 radical (unpaired) electrons. The molecule has 6 nitrogen and oxygen atoms in total. The van der Waals surface area contributed by atoms with Crippen LogP contribution < -0.4 is 9.47 Å². The number of ether oxygens (including phenoxy) is 2. The predicted octanol–water partition coefficient (Wildman–Crippen LogP) is 5.29. The lowest BCUT2D eigenvalue weighted by molar-refractivity contribution is -0.137. The molecule has 1 amide bonds. The van der Waals surface area contributed by atoms with Crippen molar-refractivity contribution < 1.29 is 33.0 Å². The van der Waals surface area contributed by atoms with Crippen LogP contribution >= 0.6 is 11.6 Å². The summed E-state index contributed by atoms with van der Waals surface area (Å²) in [5, 5.41) is 9.47. The Bertz CT molecular complexity index is 1310. The molecule has 1 unspecified atom stereocenters. The van der Waals surface area contributed by atoms with E-state index in [-0.39, 0.29) is 40.7 Å². The van der Waals surface area contributed by atoms with Gasteiger partial charge in [0, 0.05) is 34.6 Å². The van der Waals surface area contributed by atoms with E-state index in [0.717, 1.165) is 4.90 Å². The fourth-order valence-corrected chi connectivity index (χ4v) is 4.65. The Morgan fingerprint density at radius 2 is 1.86 bits per heavy atom. The third-order valence-corrected chi connectivity index (χ3v) is 6.41. The van der Waals surface area contributed by atoms with Gasteiger partial charge < -0.3 is 19.5 Å². The molecule has 9 heteroatoms. The molecule has 0 spiro atoms. The minimum atomic E-state index is -1.26. The molecule has 0 aromatic heterocycles. The number of carboxylic acids is 1. The number of rotatable bonds is 8. The number of amides is 1. The van der Waals surface area contributed by atoms with Gasteiger partial charge in [0.2, 0.25) is 0 Å². The molecule has 0 saturated carbocycles. The number of methoxy groups -OCH3 is 1. The summed E-state index contributed by atoms with van der Waals surface area (Å²) in [4.78, 5) is 25.9. The number of carboxylic acid groups (broad SMARTS) is 1. The first-order chi connectivity index (χ1) is 17.1. The third-order valence-electron chi connectivity index (χ3n) is 6.06. The molecule has 1 heterocycles. The molecule has 1 aliphatic rings. The monoisotopic (exact) mass is 515 g/mol. The lowest BCUT2D eigenvalue weighted by Crippen LogP contribution is -2.35. The van der Waals surface area contributed by atoms with Gasteiger partial charge in [0.15, 0.2) is 11.5 Å². The number of halogens is 3. The molecule has 188 valence electrons. The quantitative estimate of drug-likeness (QED) is 0.441. The molecule has 3 aromatic carbocycles. The molecule has 0 fully saturated rings. The number of fused-ring (bicyclic) bond motifs is 1. The van der Waals surface area contributed by atoms with E-state index in [2.05, 4.69) is 0 Å². The number of hydrogen-bond donors (Lipinski definition) is 1. The SMILES string of the molecule is COc1cc(C(=O)N(CC(=O)O)Cc2c(F)cccc2Cl)cc2c1OC(C)(Cc1ccccc1F)C2. The van der Waals surface area contributed by atoms with Crippen LogP contribution in [0.4, 0.5) is 8.78 Å². The Hall–Kier alpha value is -3.65. The molecule has 36 heavy (non-hydrogen) atoms. The molecule has 1 aliphatic heterocycles. The molecule has 3 aromatic rings. The van der Waals surface area contributed by atoms with Gasteiger partial charge in [-0.3, -0.25) is 9.59 Å². The number of carbonyl (C=O) groups excluding carboxylic acids is 1. The van der Waals surface area contributed by atoms with Gasteiger partial charge in [-0.05, 0) is 42.8 Å². The predicted molar refractivity (Wildman–Crippen MR) is 130 cm³/mol. The lowest BCUT2D eigenvalue weighted by Gasteiger charge is -2.24. The summed E-state index contributed by atoms with van der Waals surface area (Å²) in [7, 11) is 1.42. The van der Waals surface area contributed by atoms with Crippen LogP contribution in [-0.2, 0) is 24.2 Å². The van der Waals surface area contributed by atoms with Gasteiger partial charge in [0.1, 0.15) is 23.8 Å². The summed E-state index contributed by atoms with van der Waals surface area (Å²) >= 11 is 6.11. The molecule has 0 saturated heterocycles. The molecule has 0 bridgehead atoms. The summed E-state index contributed by atoms with van der Waals surface area (Å²) < 4.78 is 40.3. The van der Waals surface area contributed by atoms with Crippen molar-refractivity contribution >= 4 is 23.5 Å². The highest BCUT2D eigenvalue weighted by Crippen LogP contribution is 2.44. The van der Waals surface area contributed by atoms with Gasteiger partial charge in [-0.2, -0.15) is 0 Å². The van der Waals surface area contributed by atoms with Crippen LogP contribution in [-0.4, -0.2) is 41.1 Å². The summed E-state index contributed by atoms with van der Waals surface area (Å²) in [5.74, 6) is -2.15. The van der Waals surface area contributed by atoms with E-state index >= 15 is 0 Å².